The molecule has 3 rings (SSSR count). The number of carbonyl (C=O) groups is 1. The molecule has 1 amide bonds. The average Bonchev–Trinajstić information content (AvgIpc) is 2.63. The number of piperazine rings is 1. The second kappa shape index (κ2) is 4.19. The van der Waals surface area contributed by atoms with Gasteiger partial charge in [-0.15, -0.1) is 0 Å². The molecule has 2 unspecified atom stereocenters. The van der Waals surface area contributed by atoms with Gasteiger partial charge in [-0.25, -0.2) is 12.8 Å². The highest BCUT2D eigenvalue weighted by molar-refractivity contribution is 7.91. The predicted molar refractivity (Wildman–Crippen MR) is 68.1 cm³/mol. The first-order chi connectivity index (χ1) is 8.96. The molecule has 2 saturated heterocycles. The summed E-state index contributed by atoms with van der Waals surface area (Å²) in [5.41, 5.74) is 0.282. The van der Waals surface area contributed by atoms with Crippen molar-refractivity contribution < 1.29 is 17.6 Å². The molecule has 19 heavy (non-hydrogen) atoms. The highest BCUT2D eigenvalue weighted by Crippen LogP contribution is 2.28. The van der Waals surface area contributed by atoms with Gasteiger partial charge in [-0.05, 0) is 12.1 Å². The standard InChI is InChI=1S/C12H13FN2O3S/c13-8-3-1-2-4-10(8)15-5-12(16)14-9-6-19(17,18)7-11(9)15/h1-4,9,11H,5-7H2,(H,14,16). The third-order valence-electron chi connectivity index (χ3n) is 3.55. The number of carbonyl (C=O) groups excluding carboxylic acids is 1. The van der Waals surface area contributed by atoms with Gasteiger partial charge < -0.3 is 10.2 Å². The van der Waals surface area contributed by atoms with Gasteiger partial charge in [0.15, 0.2) is 9.84 Å². The Balaban J connectivity index is 2.01. The van der Waals surface area contributed by atoms with Crippen molar-refractivity contribution in [2.24, 2.45) is 0 Å². The Morgan fingerprint density at radius 3 is 2.74 bits per heavy atom. The van der Waals surface area contributed by atoms with Crippen molar-refractivity contribution in [1.82, 2.24) is 5.32 Å². The fraction of sp³-hybridized carbons (Fsp3) is 0.417. The van der Waals surface area contributed by atoms with E-state index in [1.165, 1.54) is 6.07 Å². The van der Waals surface area contributed by atoms with Crippen LogP contribution < -0.4 is 10.2 Å². The number of amides is 1. The maximum absolute atomic E-state index is 13.8. The maximum Gasteiger partial charge on any atom is 0.239 e. The SMILES string of the molecule is O=C1CN(c2ccccc2F)C2CS(=O)(=O)CC2N1. The second-order valence-corrected chi connectivity index (χ2v) is 7.05. The topological polar surface area (TPSA) is 66.5 Å². The minimum absolute atomic E-state index is 0.0162. The van der Waals surface area contributed by atoms with Crippen molar-refractivity contribution >= 4 is 21.4 Å². The number of benzene rings is 1. The van der Waals surface area contributed by atoms with Crippen LogP contribution in [0.25, 0.3) is 0 Å². The van der Waals surface area contributed by atoms with Gasteiger partial charge in [0.1, 0.15) is 5.82 Å². The van der Waals surface area contributed by atoms with Crippen LogP contribution in [0.15, 0.2) is 24.3 Å². The second-order valence-electron chi connectivity index (χ2n) is 4.90. The number of fused-ring (bicyclic) bond motifs is 1. The highest BCUT2D eigenvalue weighted by atomic mass is 32.2. The van der Waals surface area contributed by atoms with Gasteiger partial charge in [0.05, 0.1) is 35.8 Å². The number of sulfone groups is 1. The van der Waals surface area contributed by atoms with Gasteiger partial charge in [-0.1, -0.05) is 12.1 Å². The first kappa shape index (κ1) is 12.4. The Morgan fingerprint density at radius 1 is 1.26 bits per heavy atom. The highest BCUT2D eigenvalue weighted by Gasteiger charge is 2.45. The summed E-state index contributed by atoms with van der Waals surface area (Å²) in [6.45, 7) is -0.0162. The number of hydrogen-bond acceptors (Lipinski definition) is 4. The van der Waals surface area contributed by atoms with E-state index >= 15 is 0 Å². The molecule has 1 aromatic carbocycles. The summed E-state index contributed by atoms with van der Waals surface area (Å²) in [5.74, 6) is -0.845. The lowest BCUT2D eigenvalue weighted by Gasteiger charge is -2.38. The number of hydrogen-bond donors (Lipinski definition) is 1. The van der Waals surface area contributed by atoms with Gasteiger partial charge in [0, 0.05) is 0 Å². The molecule has 0 radical (unpaired) electrons. The Hall–Kier alpha value is -1.63. The lowest BCUT2D eigenvalue weighted by molar-refractivity contribution is -0.121. The third-order valence-corrected chi connectivity index (χ3v) is 5.26. The van der Waals surface area contributed by atoms with Crippen molar-refractivity contribution in [2.75, 3.05) is 23.0 Å². The van der Waals surface area contributed by atoms with Crippen molar-refractivity contribution in [1.29, 1.82) is 0 Å². The fourth-order valence-corrected chi connectivity index (χ4v) is 4.67. The van der Waals surface area contributed by atoms with E-state index in [-0.39, 0.29) is 35.7 Å². The molecule has 2 aliphatic heterocycles. The number of halogens is 1. The van der Waals surface area contributed by atoms with Gasteiger partial charge in [0.2, 0.25) is 5.91 Å². The number of anilines is 1. The summed E-state index contributed by atoms with van der Waals surface area (Å²) in [6, 6.07) is 5.26. The molecule has 0 bridgehead atoms. The minimum atomic E-state index is -3.18. The molecule has 0 aliphatic carbocycles. The van der Waals surface area contributed by atoms with Crippen LogP contribution in [0.4, 0.5) is 10.1 Å². The van der Waals surface area contributed by atoms with Crippen LogP contribution in [0.3, 0.4) is 0 Å². The molecule has 2 aliphatic rings. The van der Waals surface area contributed by atoms with Crippen LogP contribution in [0.1, 0.15) is 0 Å². The lowest BCUT2D eigenvalue weighted by Crippen LogP contribution is -2.60. The van der Waals surface area contributed by atoms with E-state index in [1.807, 2.05) is 0 Å². The smallest absolute Gasteiger partial charge is 0.239 e. The molecular formula is C12H13FN2O3S. The van der Waals surface area contributed by atoms with Crippen LogP contribution in [-0.2, 0) is 14.6 Å². The zero-order chi connectivity index (χ0) is 13.6. The van der Waals surface area contributed by atoms with E-state index in [1.54, 1.807) is 23.1 Å². The van der Waals surface area contributed by atoms with Crippen LogP contribution >= 0.6 is 0 Å². The maximum atomic E-state index is 13.8. The van der Waals surface area contributed by atoms with Crippen LogP contribution in [0.2, 0.25) is 0 Å². The first-order valence-corrected chi connectivity index (χ1v) is 7.79. The molecule has 0 saturated carbocycles. The Morgan fingerprint density at radius 2 is 2.00 bits per heavy atom. The summed E-state index contributed by atoms with van der Waals surface area (Å²) < 4.78 is 37.2. The van der Waals surface area contributed by atoms with Crippen LogP contribution in [-0.4, -0.2) is 44.5 Å². The molecule has 1 aromatic rings. The molecule has 1 N–H and O–H groups in total. The summed E-state index contributed by atoms with van der Waals surface area (Å²) in [6.07, 6.45) is 0. The fourth-order valence-electron chi connectivity index (χ4n) is 2.75. The summed E-state index contributed by atoms with van der Waals surface area (Å²) >= 11 is 0. The van der Waals surface area contributed by atoms with Crippen LogP contribution in [0.5, 0.6) is 0 Å². The lowest BCUT2D eigenvalue weighted by atomic mass is 10.1. The van der Waals surface area contributed by atoms with E-state index in [0.29, 0.717) is 0 Å². The first-order valence-electron chi connectivity index (χ1n) is 5.97. The van der Waals surface area contributed by atoms with E-state index < -0.39 is 21.7 Å². The molecular weight excluding hydrogens is 271 g/mol. The minimum Gasteiger partial charge on any atom is -0.354 e. The van der Waals surface area contributed by atoms with E-state index in [9.17, 15) is 17.6 Å². The van der Waals surface area contributed by atoms with E-state index in [4.69, 9.17) is 0 Å². The Labute approximate surface area is 110 Å². The molecule has 0 spiro atoms. The van der Waals surface area contributed by atoms with Crippen molar-refractivity contribution in [3.8, 4) is 0 Å². The molecule has 5 nitrogen and oxygen atoms in total. The quantitative estimate of drug-likeness (QED) is 0.784. The van der Waals surface area contributed by atoms with E-state index in [2.05, 4.69) is 5.32 Å². The third kappa shape index (κ3) is 2.18. The number of nitrogens with one attached hydrogen (secondary N) is 1. The number of para-hydroxylation sites is 1. The van der Waals surface area contributed by atoms with Gasteiger partial charge >= 0.3 is 0 Å². The van der Waals surface area contributed by atoms with Gasteiger partial charge in [0.25, 0.3) is 0 Å². The van der Waals surface area contributed by atoms with Crippen molar-refractivity contribution in [3.05, 3.63) is 30.1 Å². The summed E-state index contributed by atoms with van der Waals surface area (Å²) in [7, 11) is -3.18. The van der Waals surface area contributed by atoms with Crippen molar-refractivity contribution in [2.45, 2.75) is 12.1 Å². The normalized spacial score (nSPS) is 28.9. The molecule has 7 heteroatoms. The molecule has 0 aromatic heterocycles. The molecule has 2 atom stereocenters. The largest absolute Gasteiger partial charge is 0.354 e. The van der Waals surface area contributed by atoms with Gasteiger partial charge in [-0.3, -0.25) is 4.79 Å². The Kier molecular flexibility index (Phi) is 2.74. The zero-order valence-corrected chi connectivity index (χ0v) is 10.9. The van der Waals surface area contributed by atoms with Crippen LogP contribution in [0, 0.1) is 5.82 Å². The summed E-state index contributed by atoms with van der Waals surface area (Å²) in [4.78, 5) is 13.2. The predicted octanol–water partition coefficient (Wildman–Crippen LogP) is -0.0725. The average molecular weight is 284 g/mol. The summed E-state index contributed by atoms with van der Waals surface area (Å²) in [5, 5.41) is 2.67. The molecule has 2 fully saturated rings. The van der Waals surface area contributed by atoms with Crippen molar-refractivity contribution in [3.63, 3.8) is 0 Å². The van der Waals surface area contributed by atoms with Gasteiger partial charge in [-0.2, -0.15) is 0 Å². The molecule has 2 heterocycles. The number of rotatable bonds is 1. The zero-order valence-electron chi connectivity index (χ0n) is 10.0. The Bertz CT molecular complexity index is 632. The van der Waals surface area contributed by atoms with E-state index in [0.717, 1.165) is 0 Å². The molecule has 102 valence electrons. The number of nitrogens with zero attached hydrogens (tertiary/aromatic N) is 1. The monoisotopic (exact) mass is 284 g/mol.